The van der Waals surface area contributed by atoms with Gasteiger partial charge in [-0.3, -0.25) is 4.79 Å². The van der Waals surface area contributed by atoms with Gasteiger partial charge >= 0.3 is 5.97 Å². The number of hydrogen-bond acceptors (Lipinski definition) is 3. The summed E-state index contributed by atoms with van der Waals surface area (Å²) in [5.74, 6) is -1.51. The van der Waals surface area contributed by atoms with Gasteiger partial charge in [-0.1, -0.05) is 18.2 Å². The number of carbonyl (C=O) groups excluding carboxylic acids is 1. The van der Waals surface area contributed by atoms with E-state index in [9.17, 15) is 9.59 Å². The molecule has 1 amide bonds. The molecule has 0 unspecified atom stereocenters. The first kappa shape index (κ1) is 13.0. The van der Waals surface area contributed by atoms with E-state index in [1.807, 2.05) is 6.07 Å². The zero-order chi connectivity index (χ0) is 15.0. The summed E-state index contributed by atoms with van der Waals surface area (Å²) in [5, 5.41) is 12.4. The molecule has 0 aliphatic heterocycles. The predicted octanol–water partition coefficient (Wildman–Crippen LogP) is 3.02. The van der Waals surface area contributed by atoms with Crippen LogP contribution in [0, 0.1) is 6.92 Å². The van der Waals surface area contributed by atoms with Gasteiger partial charge < -0.3 is 19.8 Å². The van der Waals surface area contributed by atoms with Crippen molar-refractivity contribution < 1.29 is 19.1 Å². The van der Waals surface area contributed by atoms with Crippen LogP contribution in [0.1, 0.15) is 26.4 Å². The van der Waals surface area contributed by atoms with E-state index in [0.717, 1.165) is 0 Å². The highest BCUT2D eigenvalue weighted by atomic mass is 16.4. The fraction of sp³-hybridized carbons (Fsp3) is 0.0667. The molecule has 106 valence electrons. The van der Waals surface area contributed by atoms with Crippen molar-refractivity contribution in [1.82, 2.24) is 4.98 Å². The van der Waals surface area contributed by atoms with Crippen molar-refractivity contribution in [3.05, 3.63) is 53.5 Å². The first-order chi connectivity index (χ1) is 10.1. The highest BCUT2D eigenvalue weighted by Crippen LogP contribution is 2.24. The largest absolute Gasteiger partial charge is 0.478 e. The third kappa shape index (κ3) is 2.16. The summed E-state index contributed by atoms with van der Waals surface area (Å²) < 4.78 is 5.31. The summed E-state index contributed by atoms with van der Waals surface area (Å²) in [6.45, 7) is 1.63. The first-order valence-electron chi connectivity index (χ1n) is 6.27. The number of hydrogen-bond donors (Lipinski definition) is 3. The lowest BCUT2D eigenvalue weighted by atomic mass is 10.1. The number of nitrogens with one attached hydrogen (secondary N) is 2. The summed E-state index contributed by atoms with van der Waals surface area (Å²) in [5.41, 5.74) is 1.73. The molecular formula is C15H12N2O4. The number of aromatic carboxylic acids is 1. The molecule has 0 fully saturated rings. The maximum Gasteiger partial charge on any atom is 0.339 e. The summed E-state index contributed by atoms with van der Waals surface area (Å²) in [4.78, 5) is 26.3. The van der Waals surface area contributed by atoms with Crippen LogP contribution in [0.2, 0.25) is 0 Å². The standard InChI is InChI=1S/C15H12N2O4/c1-8-13(15(19)20)11(6-16-8)17-14(18)10-7-21-12-5-3-2-4-9(10)12/h2-7,16H,1H3,(H,17,18)(H,19,20). The second kappa shape index (κ2) is 4.82. The fourth-order valence-corrected chi connectivity index (χ4v) is 2.24. The number of H-pyrrole nitrogens is 1. The molecule has 3 N–H and O–H groups in total. The number of para-hydroxylation sites is 1. The normalized spacial score (nSPS) is 10.7. The summed E-state index contributed by atoms with van der Waals surface area (Å²) in [6, 6.07) is 7.15. The Kier molecular flexibility index (Phi) is 2.98. The summed E-state index contributed by atoms with van der Waals surface area (Å²) in [7, 11) is 0. The number of carbonyl (C=O) groups is 2. The highest BCUT2D eigenvalue weighted by Gasteiger charge is 2.19. The Morgan fingerprint density at radius 2 is 2.05 bits per heavy atom. The topological polar surface area (TPSA) is 95.3 Å². The fourth-order valence-electron chi connectivity index (χ4n) is 2.24. The number of benzene rings is 1. The Morgan fingerprint density at radius 1 is 1.29 bits per heavy atom. The molecule has 2 heterocycles. The Morgan fingerprint density at radius 3 is 2.81 bits per heavy atom. The van der Waals surface area contributed by atoms with Crippen LogP contribution in [-0.4, -0.2) is 22.0 Å². The van der Waals surface area contributed by atoms with Gasteiger partial charge in [0.15, 0.2) is 0 Å². The van der Waals surface area contributed by atoms with Gasteiger partial charge in [0.25, 0.3) is 5.91 Å². The molecular weight excluding hydrogens is 272 g/mol. The number of furan rings is 1. The molecule has 21 heavy (non-hydrogen) atoms. The number of rotatable bonds is 3. The van der Waals surface area contributed by atoms with Crippen LogP contribution in [-0.2, 0) is 0 Å². The SMILES string of the molecule is Cc1[nH]cc(NC(=O)c2coc3ccccc23)c1C(=O)O. The Labute approximate surface area is 119 Å². The summed E-state index contributed by atoms with van der Waals surface area (Å²) in [6.07, 6.45) is 2.82. The van der Waals surface area contributed by atoms with Crippen molar-refractivity contribution in [3.63, 3.8) is 0 Å². The third-order valence-electron chi connectivity index (χ3n) is 3.27. The molecule has 1 aromatic carbocycles. The van der Waals surface area contributed by atoms with E-state index in [0.29, 0.717) is 22.2 Å². The van der Waals surface area contributed by atoms with Gasteiger partial charge in [0.05, 0.1) is 11.3 Å². The van der Waals surface area contributed by atoms with Gasteiger partial charge in [0, 0.05) is 17.3 Å². The van der Waals surface area contributed by atoms with Gasteiger partial charge in [-0.25, -0.2) is 4.79 Å². The molecule has 3 aromatic rings. The molecule has 0 bridgehead atoms. The average Bonchev–Trinajstić information content (AvgIpc) is 3.02. The molecule has 0 radical (unpaired) electrons. The van der Waals surface area contributed by atoms with Crippen LogP contribution in [0.5, 0.6) is 0 Å². The van der Waals surface area contributed by atoms with Gasteiger partial charge in [0.1, 0.15) is 17.4 Å². The number of aryl methyl sites for hydroxylation is 1. The van der Waals surface area contributed by atoms with Gasteiger partial charge in [-0.05, 0) is 13.0 Å². The average molecular weight is 284 g/mol. The number of fused-ring (bicyclic) bond motifs is 1. The number of carboxylic acids is 1. The van der Waals surface area contributed by atoms with E-state index in [1.165, 1.54) is 12.5 Å². The maximum atomic E-state index is 12.3. The minimum Gasteiger partial charge on any atom is -0.478 e. The van der Waals surface area contributed by atoms with Gasteiger partial charge in [0.2, 0.25) is 0 Å². The van der Waals surface area contributed by atoms with E-state index in [4.69, 9.17) is 9.52 Å². The molecule has 3 rings (SSSR count). The Balaban J connectivity index is 1.96. The lowest BCUT2D eigenvalue weighted by Crippen LogP contribution is -2.13. The second-order valence-electron chi connectivity index (χ2n) is 4.61. The Bertz CT molecular complexity index is 844. The van der Waals surface area contributed by atoms with E-state index >= 15 is 0 Å². The third-order valence-corrected chi connectivity index (χ3v) is 3.27. The smallest absolute Gasteiger partial charge is 0.339 e. The first-order valence-corrected chi connectivity index (χ1v) is 6.27. The van der Waals surface area contributed by atoms with Crippen LogP contribution in [0.25, 0.3) is 11.0 Å². The zero-order valence-corrected chi connectivity index (χ0v) is 11.1. The monoisotopic (exact) mass is 284 g/mol. The molecule has 2 aromatic heterocycles. The number of carboxylic acid groups (broad SMARTS) is 1. The van der Waals surface area contributed by atoms with E-state index in [-0.39, 0.29) is 11.3 Å². The van der Waals surface area contributed by atoms with Crippen LogP contribution < -0.4 is 5.32 Å². The van der Waals surface area contributed by atoms with E-state index < -0.39 is 11.9 Å². The number of aromatic nitrogens is 1. The predicted molar refractivity (Wildman–Crippen MR) is 76.7 cm³/mol. The van der Waals surface area contributed by atoms with E-state index in [1.54, 1.807) is 25.1 Å². The number of amides is 1. The molecule has 0 atom stereocenters. The van der Waals surface area contributed by atoms with Crippen molar-refractivity contribution >= 4 is 28.5 Å². The van der Waals surface area contributed by atoms with Crippen LogP contribution in [0.15, 0.2) is 41.1 Å². The van der Waals surface area contributed by atoms with Gasteiger partial charge in [-0.2, -0.15) is 0 Å². The van der Waals surface area contributed by atoms with Crippen LogP contribution in [0.3, 0.4) is 0 Å². The van der Waals surface area contributed by atoms with Crippen LogP contribution in [0.4, 0.5) is 5.69 Å². The lowest BCUT2D eigenvalue weighted by molar-refractivity contribution is 0.0697. The second-order valence-corrected chi connectivity index (χ2v) is 4.61. The Hall–Kier alpha value is -3.02. The number of anilines is 1. The zero-order valence-electron chi connectivity index (χ0n) is 11.1. The molecule has 6 nitrogen and oxygen atoms in total. The molecule has 0 saturated carbocycles. The van der Waals surface area contributed by atoms with Crippen molar-refractivity contribution in [2.75, 3.05) is 5.32 Å². The molecule has 0 spiro atoms. The van der Waals surface area contributed by atoms with E-state index in [2.05, 4.69) is 10.3 Å². The maximum absolute atomic E-state index is 12.3. The van der Waals surface area contributed by atoms with Crippen LogP contribution >= 0.6 is 0 Å². The molecule has 0 aliphatic rings. The minimum absolute atomic E-state index is 0.0520. The molecule has 0 saturated heterocycles. The minimum atomic E-state index is -1.10. The lowest BCUT2D eigenvalue weighted by Gasteiger charge is -2.03. The van der Waals surface area contributed by atoms with Crippen molar-refractivity contribution in [2.24, 2.45) is 0 Å². The van der Waals surface area contributed by atoms with Crippen molar-refractivity contribution in [1.29, 1.82) is 0 Å². The molecule has 0 aliphatic carbocycles. The summed E-state index contributed by atoms with van der Waals surface area (Å²) >= 11 is 0. The van der Waals surface area contributed by atoms with Crippen molar-refractivity contribution in [3.8, 4) is 0 Å². The number of aromatic amines is 1. The van der Waals surface area contributed by atoms with Crippen molar-refractivity contribution in [2.45, 2.75) is 6.92 Å². The molecule has 6 heteroatoms. The highest BCUT2D eigenvalue weighted by molar-refractivity contribution is 6.14. The quantitative estimate of drug-likeness (QED) is 0.689. The van der Waals surface area contributed by atoms with Gasteiger partial charge in [-0.15, -0.1) is 0 Å².